The van der Waals surface area contributed by atoms with Gasteiger partial charge in [0.15, 0.2) is 0 Å². The average Bonchev–Trinajstić information content (AvgIpc) is 2.92. The van der Waals surface area contributed by atoms with E-state index in [2.05, 4.69) is 22.2 Å². The van der Waals surface area contributed by atoms with E-state index >= 15 is 0 Å². The third kappa shape index (κ3) is 3.25. The van der Waals surface area contributed by atoms with Gasteiger partial charge in [0, 0.05) is 11.4 Å². The van der Waals surface area contributed by atoms with Crippen molar-refractivity contribution in [2.75, 3.05) is 5.32 Å². The van der Waals surface area contributed by atoms with E-state index in [0.29, 0.717) is 28.0 Å². The summed E-state index contributed by atoms with van der Waals surface area (Å²) in [5, 5.41) is 3.79. The second-order valence-corrected chi connectivity index (χ2v) is 7.60. The fourth-order valence-corrected chi connectivity index (χ4v) is 4.21. The largest absolute Gasteiger partial charge is 0.323 e. The first kappa shape index (κ1) is 18.2. The normalized spacial score (nSPS) is 22.8. The maximum atomic E-state index is 13.4. The predicted molar refractivity (Wildman–Crippen MR) is 101 cm³/mol. The number of hydrogen-bond acceptors (Lipinski definition) is 3. The van der Waals surface area contributed by atoms with Crippen LogP contribution in [0.2, 0.25) is 10.0 Å². The van der Waals surface area contributed by atoms with Crippen molar-refractivity contribution in [3.8, 4) is 0 Å². The van der Waals surface area contributed by atoms with Gasteiger partial charge in [-0.05, 0) is 50.8 Å². The molecule has 25 heavy (non-hydrogen) atoms. The van der Waals surface area contributed by atoms with E-state index < -0.39 is 5.41 Å². The van der Waals surface area contributed by atoms with Gasteiger partial charge in [0.1, 0.15) is 11.2 Å². The number of rotatable bonds is 3. The first-order valence-corrected chi connectivity index (χ1v) is 9.18. The molecule has 1 heterocycles. The summed E-state index contributed by atoms with van der Waals surface area (Å²) in [4.78, 5) is 22.6. The molecule has 2 unspecified atom stereocenters. The van der Waals surface area contributed by atoms with Crippen LogP contribution in [0.3, 0.4) is 0 Å². The Kier molecular flexibility index (Phi) is 5.03. The zero-order chi connectivity index (χ0) is 18.2. The van der Waals surface area contributed by atoms with Crippen molar-refractivity contribution in [2.24, 2.45) is 5.92 Å². The van der Waals surface area contributed by atoms with E-state index in [-0.39, 0.29) is 11.8 Å². The molecule has 1 aliphatic rings. The Hall–Kier alpha value is -1.65. The summed E-state index contributed by atoms with van der Waals surface area (Å²) in [5.41, 5.74) is 1.41. The van der Waals surface area contributed by atoms with E-state index in [1.807, 2.05) is 19.9 Å². The van der Waals surface area contributed by atoms with Gasteiger partial charge in [-0.2, -0.15) is 0 Å². The summed E-state index contributed by atoms with van der Waals surface area (Å²) in [6.45, 7) is 5.94. The lowest BCUT2D eigenvalue weighted by Gasteiger charge is -2.31. The first-order chi connectivity index (χ1) is 11.8. The van der Waals surface area contributed by atoms with Gasteiger partial charge < -0.3 is 5.32 Å². The number of benzene rings is 1. The van der Waals surface area contributed by atoms with Gasteiger partial charge in [-0.15, -0.1) is 0 Å². The van der Waals surface area contributed by atoms with Gasteiger partial charge in [0.05, 0.1) is 15.7 Å². The second kappa shape index (κ2) is 6.93. The molecule has 1 saturated carbocycles. The van der Waals surface area contributed by atoms with Gasteiger partial charge in [0.25, 0.3) is 0 Å². The molecule has 3 rings (SSSR count). The van der Waals surface area contributed by atoms with Crippen LogP contribution < -0.4 is 5.32 Å². The minimum Gasteiger partial charge on any atom is -0.323 e. The fourth-order valence-electron chi connectivity index (χ4n) is 3.72. The third-order valence-corrected chi connectivity index (χ3v) is 5.67. The summed E-state index contributed by atoms with van der Waals surface area (Å²) in [7, 11) is 0. The van der Waals surface area contributed by atoms with Crippen molar-refractivity contribution < 1.29 is 4.79 Å². The maximum absolute atomic E-state index is 13.4. The molecule has 132 valence electrons. The highest BCUT2D eigenvalue weighted by molar-refractivity contribution is 6.39. The molecule has 4 nitrogen and oxygen atoms in total. The quantitative estimate of drug-likeness (QED) is 0.809. The maximum Gasteiger partial charge on any atom is 0.238 e. The van der Waals surface area contributed by atoms with Crippen molar-refractivity contribution >= 4 is 34.8 Å². The summed E-state index contributed by atoms with van der Waals surface area (Å²) in [6.07, 6.45) is 2.63. The number of anilines is 1. The lowest BCUT2D eigenvalue weighted by atomic mass is 9.76. The average molecular weight is 378 g/mol. The van der Waals surface area contributed by atoms with E-state index in [4.69, 9.17) is 23.2 Å². The molecule has 0 aliphatic heterocycles. The smallest absolute Gasteiger partial charge is 0.238 e. The van der Waals surface area contributed by atoms with Crippen LogP contribution in [0.15, 0.2) is 24.3 Å². The predicted octanol–water partition coefficient (Wildman–Crippen LogP) is 5.10. The van der Waals surface area contributed by atoms with Gasteiger partial charge in [-0.3, -0.25) is 4.79 Å². The number of carbonyl (C=O) groups is 1. The lowest BCUT2D eigenvalue weighted by molar-refractivity contribution is -0.123. The molecule has 1 N–H and O–H groups in total. The monoisotopic (exact) mass is 377 g/mol. The number of hydrogen-bond donors (Lipinski definition) is 1. The number of aromatic nitrogens is 2. The SMILES string of the molecule is Cc1cc(C)nc(C2(C(=O)Nc3c(Cl)cccc3Cl)CCCC2C)n1. The summed E-state index contributed by atoms with van der Waals surface area (Å²) in [5.74, 6) is 0.586. The molecule has 2 aromatic rings. The van der Waals surface area contributed by atoms with Crippen molar-refractivity contribution in [1.29, 1.82) is 0 Å². The number of halogens is 2. The Morgan fingerprint density at radius 3 is 2.32 bits per heavy atom. The molecule has 1 fully saturated rings. The molecule has 0 saturated heterocycles. The number of para-hydroxylation sites is 1. The molecule has 1 aromatic carbocycles. The number of aryl methyl sites for hydroxylation is 2. The Labute approximate surface area is 158 Å². The summed E-state index contributed by atoms with van der Waals surface area (Å²) in [6, 6.07) is 7.09. The van der Waals surface area contributed by atoms with Gasteiger partial charge in [-0.1, -0.05) is 42.6 Å². The van der Waals surface area contributed by atoms with Crippen LogP contribution in [0.4, 0.5) is 5.69 Å². The van der Waals surface area contributed by atoms with Crippen LogP contribution in [0.25, 0.3) is 0 Å². The minimum atomic E-state index is -0.765. The highest BCUT2D eigenvalue weighted by Crippen LogP contribution is 2.46. The van der Waals surface area contributed by atoms with E-state index in [1.165, 1.54) is 0 Å². The molecular weight excluding hydrogens is 357 g/mol. The highest BCUT2D eigenvalue weighted by atomic mass is 35.5. The topological polar surface area (TPSA) is 54.9 Å². The number of carbonyl (C=O) groups excluding carboxylic acids is 1. The Bertz CT molecular complexity index is 784. The van der Waals surface area contributed by atoms with E-state index in [9.17, 15) is 4.79 Å². The molecule has 6 heteroatoms. The first-order valence-electron chi connectivity index (χ1n) is 8.43. The van der Waals surface area contributed by atoms with Gasteiger partial charge in [-0.25, -0.2) is 9.97 Å². The van der Waals surface area contributed by atoms with Crippen LogP contribution in [-0.2, 0) is 10.2 Å². The van der Waals surface area contributed by atoms with Crippen LogP contribution in [0, 0.1) is 19.8 Å². The van der Waals surface area contributed by atoms with Gasteiger partial charge >= 0.3 is 0 Å². The van der Waals surface area contributed by atoms with Crippen LogP contribution in [0.5, 0.6) is 0 Å². The van der Waals surface area contributed by atoms with E-state index in [1.54, 1.807) is 18.2 Å². The highest BCUT2D eigenvalue weighted by Gasteiger charge is 2.50. The van der Waals surface area contributed by atoms with Crippen molar-refractivity contribution in [3.05, 3.63) is 51.5 Å². The molecule has 1 amide bonds. The Balaban J connectivity index is 2.06. The second-order valence-electron chi connectivity index (χ2n) is 6.79. The minimum absolute atomic E-state index is 0.134. The Morgan fingerprint density at radius 2 is 1.80 bits per heavy atom. The third-order valence-electron chi connectivity index (χ3n) is 5.04. The number of amides is 1. The number of nitrogens with one attached hydrogen (secondary N) is 1. The van der Waals surface area contributed by atoms with E-state index in [0.717, 1.165) is 24.2 Å². The molecular formula is C19H21Cl2N3O. The molecule has 2 atom stereocenters. The van der Waals surface area contributed by atoms with Crippen molar-refractivity contribution in [1.82, 2.24) is 9.97 Å². The molecule has 0 radical (unpaired) electrons. The van der Waals surface area contributed by atoms with Gasteiger partial charge in [0.2, 0.25) is 5.91 Å². The molecule has 0 bridgehead atoms. The zero-order valence-corrected chi connectivity index (χ0v) is 16.1. The van der Waals surface area contributed by atoms with Crippen LogP contribution in [-0.4, -0.2) is 15.9 Å². The zero-order valence-electron chi connectivity index (χ0n) is 14.6. The summed E-state index contributed by atoms with van der Waals surface area (Å²) < 4.78 is 0. The number of nitrogens with zero attached hydrogens (tertiary/aromatic N) is 2. The fraction of sp³-hybridized carbons (Fsp3) is 0.421. The Morgan fingerprint density at radius 1 is 1.20 bits per heavy atom. The molecule has 0 spiro atoms. The molecule has 1 aliphatic carbocycles. The lowest BCUT2D eigenvalue weighted by Crippen LogP contribution is -2.44. The van der Waals surface area contributed by atoms with Crippen LogP contribution >= 0.6 is 23.2 Å². The standard InChI is InChI=1S/C19H21Cl2N3O/c1-11-6-5-9-19(11,17-22-12(2)10-13(3)23-17)18(25)24-16-14(20)7-4-8-15(16)21/h4,7-8,10-11H,5-6,9H2,1-3H3,(H,24,25). The molecule has 1 aromatic heterocycles. The van der Waals surface area contributed by atoms with Crippen molar-refractivity contribution in [3.63, 3.8) is 0 Å². The van der Waals surface area contributed by atoms with Crippen LogP contribution in [0.1, 0.15) is 43.4 Å². The van der Waals surface area contributed by atoms with Crippen molar-refractivity contribution in [2.45, 2.75) is 45.4 Å². The summed E-state index contributed by atoms with van der Waals surface area (Å²) >= 11 is 12.5.